The molecule has 0 saturated heterocycles. The number of phenolic OH excluding ortho intramolecular Hbond substituents is 1. The molecule has 0 aliphatic heterocycles. The number of primary amides is 2. The number of benzene rings is 1. The highest BCUT2D eigenvalue weighted by Crippen LogP contribution is 2.21. The molecule has 0 aliphatic carbocycles. The minimum absolute atomic E-state index is 0.0641. The van der Waals surface area contributed by atoms with Gasteiger partial charge in [-0.3, -0.25) is 14.4 Å². The molecular formula is C11H14N4O4. The van der Waals surface area contributed by atoms with E-state index in [-0.39, 0.29) is 17.0 Å². The van der Waals surface area contributed by atoms with Gasteiger partial charge in [-0.1, -0.05) is 0 Å². The van der Waals surface area contributed by atoms with E-state index in [1.807, 2.05) is 0 Å². The van der Waals surface area contributed by atoms with E-state index in [4.69, 9.17) is 17.2 Å². The third-order valence-corrected chi connectivity index (χ3v) is 2.26. The first-order valence-corrected chi connectivity index (χ1v) is 5.25. The molecule has 1 aromatic rings. The molecular weight excluding hydrogens is 252 g/mol. The quantitative estimate of drug-likeness (QED) is 0.373. The van der Waals surface area contributed by atoms with E-state index < -0.39 is 30.8 Å². The van der Waals surface area contributed by atoms with Gasteiger partial charge in [0.15, 0.2) is 0 Å². The van der Waals surface area contributed by atoms with Gasteiger partial charge in [-0.15, -0.1) is 0 Å². The Bertz CT molecular complexity index is 513. The highest BCUT2D eigenvalue weighted by Gasteiger charge is 2.20. The van der Waals surface area contributed by atoms with Crippen LogP contribution in [0.3, 0.4) is 0 Å². The summed E-state index contributed by atoms with van der Waals surface area (Å²) in [7, 11) is 0. The molecule has 19 heavy (non-hydrogen) atoms. The van der Waals surface area contributed by atoms with E-state index in [1.54, 1.807) is 0 Å². The van der Waals surface area contributed by atoms with E-state index in [2.05, 4.69) is 0 Å². The molecule has 8 heteroatoms. The minimum atomic E-state index is -0.783. The molecule has 0 atom stereocenters. The van der Waals surface area contributed by atoms with Crippen LogP contribution < -0.4 is 17.2 Å². The summed E-state index contributed by atoms with van der Waals surface area (Å²) in [5.74, 6) is -2.50. The van der Waals surface area contributed by atoms with Crippen molar-refractivity contribution in [2.75, 3.05) is 18.8 Å². The van der Waals surface area contributed by atoms with Gasteiger partial charge in [0, 0.05) is 5.56 Å². The number of nitrogen functional groups attached to an aromatic ring is 1. The van der Waals surface area contributed by atoms with E-state index in [1.165, 1.54) is 12.1 Å². The summed E-state index contributed by atoms with van der Waals surface area (Å²) >= 11 is 0. The smallest absolute Gasteiger partial charge is 0.254 e. The van der Waals surface area contributed by atoms with E-state index in [0.29, 0.717) is 0 Å². The molecule has 0 radical (unpaired) electrons. The topological polar surface area (TPSA) is 153 Å². The van der Waals surface area contributed by atoms with E-state index >= 15 is 0 Å². The summed E-state index contributed by atoms with van der Waals surface area (Å²) in [6, 6.07) is 3.81. The Hall–Kier alpha value is -2.77. The molecule has 3 amide bonds. The van der Waals surface area contributed by atoms with Crippen LogP contribution in [-0.4, -0.2) is 40.8 Å². The fourth-order valence-electron chi connectivity index (χ4n) is 1.44. The van der Waals surface area contributed by atoms with Gasteiger partial charge in [0.05, 0.1) is 5.69 Å². The first-order chi connectivity index (χ1) is 8.81. The second kappa shape index (κ2) is 5.71. The number of aromatic hydroxyl groups is 1. The number of carbonyl (C=O) groups excluding carboxylic acids is 3. The van der Waals surface area contributed by atoms with Crippen LogP contribution in [0.2, 0.25) is 0 Å². The fourth-order valence-corrected chi connectivity index (χ4v) is 1.44. The summed E-state index contributed by atoms with van der Waals surface area (Å²) in [5, 5.41) is 9.42. The first kappa shape index (κ1) is 14.3. The number of amides is 3. The number of rotatable bonds is 5. The van der Waals surface area contributed by atoms with Crippen LogP contribution >= 0.6 is 0 Å². The van der Waals surface area contributed by atoms with Gasteiger partial charge in [0.1, 0.15) is 18.8 Å². The lowest BCUT2D eigenvalue weighted by Crippen LogP contribution is -2.43. The van der Waals surface area contributed by atoms with Gasteiger partial charge in [-0.05, 0) is 18.2 Å². The number of hydrogen-bond donors (Lipinski definition) is 4. The van der Waals surface area contributed by atoms with Crippen molar-refractivity contribution in [3.63, 3.8) is 0 Å². The van der Waals surface area contributed by atoms with Crippen molar-refractivity contribution in [2.24, 2.45) is 11.5 Å². The van der Waals surface area contributed by atoms with Crippen LogP contribution in [0.15, 0.2) is 18.2 Å². The Morgan fingerprint density at radius 1 is 1.11 bits per heavy atom. The third-order valence-electron chi connectivity index (χ3n) is 2.26. The van der Waals surface area contributed by atoms with Gasteiger partial charge in [0.2, 0.25) is 11.8 Å². The molecule has 102 valence electrons. The SMILES string of the molecule is NC(=O)CN(CC(N)=O)C(=O)c1ccc(N)c(O)c1. The van der Waals surface area contributed by atoms with Gasteiger partial charge in [0.25, 0.3) is 5.91 Å². The summed E-state index contributed by atoms with van der Waals surface area (Å²) in [4.78, 5) is 34.6. The number of hydrogen-bond acceptors (Lipinski definition) is 5. The normalized spacial score (nSPS) is 9.89. The zero-order valence-corrected chi connectivity index (χ0v) is 10.00. The number of nitrogens with two attached hydrogens (primary N) is 3. The van der Waals surface area contributed by atoms with Gasteiger partial charge in [-0.2, -0.15) is 0 Å². The Morgan fingerprint density at radius 2 is 1.63 bits per heavy atom. The van der Waals surface area contributed by atoms with Crippen molar-refractivity contribution in [1.82, 2.24) is 4.90 Å². The number of anilines is 1. The standard InChI is InChI=1S/C11H14N4O4/c12-7-2-1-6(3-8(7)16)11(19)15(4-9(13)17)5-10(14)18/h1-3,16H,4-5,12H2,(H2,13,17)(H2,14,18). The maximum absolute atomic E-state index is 12.0. The largest absolute Gasteiger partial charge is 0.506 e. The van der Waals surface area contributed by atoms with Crippen LogP contribution in [0.5, 0.6) is 5.75 Å². The second-order valence-corrected chi connectivity index (χ2v) is 3.87. The summed E-state index contributed by atoms with van der Waals surface area (Å²) in [6.45, 7) is -0.903. The monoisotopic (exact) mass is 266 g/mol. The van der Waals surface area contributed by atoms with Crippen LogP contribution in [-0.2, 0) is 9.59 Å². The van der Waals surface area contributed by atoms with Crippen molar-refractivity contribution < 1.29 is 19.5 Å². The Labute approximate surface area is 108 Å². The van der Waals surface area contributed by atoms with Crippen molar-refractivity contribution in [3.8, 4) is 5.75 Å². The summed E-state index contributed by atoms with van der Waals surface area (Å²) in [5.41, 5.74) is 15.5. The van der Waals surface area contributed by atoms with Crippen molar-refractivity contribution >= 4 is 23.4 Å². The summed E-state index contributed by atoms with van der Waals surface area (Å²) < 4.78 is 0. The lowest BCUT2D eigenvalue weighted by molar-refractivity contribution is -0.121. The number of carbonyl (C=O) groups is 3. The van der Waals surface area contributed by atoms with Crippen LogP contribution in [0, 0.1) is 0 Å². The lowest BCUT2D eigenvalue weighted by Gasteiger charge is -2.19. The average Bonchev–Trinajstić information content (AvgIpc) is 2.29. The predicted octanol–water partition coefficient (Wildman–Crippen LogP) is -1.61. The molecule has 1 aromatic carbocycles. The molecule has 0 spiro atoms. The predicted molar refractivity (Wildman–Crippen MR) is 66.8 cm³/mol. The lowest BCUT2D eigenvalue weighted by atomic mass is 10.1. The average molecular weight is 266 g/mol. The molecule has 0 heterocycles. The molecule has 0 saturated carbocycles. The zero-order valence-electron chi connectivity index (χ0n) is 10.00. The molecule has 0 unspecified atom stereocenters. The van der Waals surface area contributed by atoms with Crippen LogP contribution in [0.1, 0.15) is 10.4 Å². The first-order valence-electron chi connectivity index (χ1n) is 5.25. The van der Waals surface area contributed by atoms with Crippen LogP contribution in [0.25, 0.3) is 0 Å². The minimum Gasteiger partial charge on any atom is -0.506 e. The maximum atomic E-state index is 12.0. The van der Waals surface area contributed by atoms with Gasteiger partial charge < -0.3 is 27.2 Å². The molecule has 0 aromatic heterocycles. The van der Waals surface area contributed by atoms with Gasteiger partial charge >= 0.3 is 0 Å². The molecule has 7 N–H and O–H groups in total. The molecule has 0 bridgehead atoms. The molecule has 8 nitrogen and oxygen atoms in total. The van der Waals surface area contributed by atoms with E-state index in [0.717, 1.165) is 11.0 Å². The van der Waals surface area contributed by atoms with Crippen molar-refractivity contribution in [1.29, 1.82) is 0 Å². The van der Waals surface area contributed by atoms with Crippen molar-refractivity contribution in [3.05, 3.63) is 23.8 Å². The fraction of sp³-hybridized carbons (Fsp3) is 0.182. The van der Waals surface area contributed by atoms with Crippen LogP contribution in [0.4, 0.5) is 5.69 Å². The summed E-state index contributed by atoms with van der Waals surface area (Å²) in [6.07, 6.45) is 0. The molecule has 0 aliphatic rings. The van der Waals surface area contributed by atoms with E-state index in [9.17, 15) is 19.5 Å². The highest BCUT2D eigenvalue weighted by molar-refractivity contribution is 5.99. The molecule has 0 fully saturated rings. The third kappa shape index (κ3) is 3.87. The van der Waals surface area contributed by atoms with Crippen molar-refractivity contribution in [2.45, 2.75) is 0 Å². The zero-order chi connectivity index (χ0) is 14.6. The number of nitrogens with zero attached hydrogens (tertiary/aromatic N) is 1. The Balaban J connectivity index is 3.00. The molecule has 1 rings (SSSR count). The Morgan fingerprint density at radius 3 is 2.05 bits per heavy atom. The number of phenols is 1. The maximum Gasteiger partial charge on any atom is 0.254 e. The highest BCUT2D eigenvalue weighted by atomic mass is 16.3. The van der Waals surface area contributed by atoms with Gasteiger partial charge in [-0.25, -0.2) is 0 Å². The second-order valence-electron chi connectivity index (χ2n) is 3.87. The Kier molecular flexibility index (Phi) is 4.30.